The molecule has 2 aliphatic rings. The van der Waals surface area contributed by atoms with Gasteiger partial charge in [-0.15, -0.1) is 10.2 Å². The Labute approximate surface area is 155 Å². The van der Waals surface area contributed by atoms with Crippen molar-refractivity contribution in [2.45, 2.75) is 30.9 Å². The van der Waals surface area contributed by atoms with Crippen molar-refractivity contribution in [1.29, 1.82) is 0 Å². The highest BCUT2D eigenvalue weighted by Crippen LogP contribution is 2.42. The first-order chi connectivity index (χ1) is 12.6. The maximum absolute atomic E-state index is 10.3. The summed E-state index contributed by atoms with van der Waals surface area (Å²) in [7, 11) is 0. The molecule has 2 bridgehead atoms. The fraction of sp³-hybridized carbons (Fsp3) is 0.316. The van der Waals surface area contributed by atoms with Gasteiger partial charge in [0.15, 0.2) is 5.82 Å². The largest absolute Gasteiger partial charge is 0.507 e. The number of nitrogens with one attached hydrogen (secondary N) is 1. The summed E-state index contributed by atoms with van der Waals surface area (Å²) < 4.78 is 5.79. The van der Waals surface area contributed by atoms with Crippen LogP contribution in [-0.4, -0.2) is 38.5 Å². The average Bonchev–Trinajstić information content (AvgIpc) is 3.23. The number of fused-ring (bicyclic) bond motifs is 3. The van der Waals surface area contributed by atoms with E-state index in [0.717, 1.165) is 30.0 Å². The monoisotopic (exact) mass is 368 g/mol. The number of halogens is 1. The van der Waals surface area contributed by atoms with Crippen LogP contribution in [0.2, 0.25) is 5.02 Å². The molecule has 6 nitrogen and oxygen atoms in total. The van der Waals surface area contributed by atoms with E-state index in [-0.39, 0.29) is 11.3 Å². The molecule has 2 unspecified atom stereocenters. The number of aromatic nitrogens is 3. The van der Waals surface area contributed by atoms with Crippen LogP contribution in [0.5, 0.6) is 5.75 Å². The molecule has 1 aliphatic carbocycles. The number of aromatic hydroxyl groups is 1. The average molecular weight is 369 g/mol. The topological polar surface area (TPSA) is 80.2 Å². The third-order valence-corrected chi connectivity index (χ3v) is 5.57. The van der Waals surface area contributed by atoms with Gasteiger partial charge in [0.25, 0.3) is 0 Å². The molecule has 5 rings (SSSR count). The zero-order chi connectivity index (χ0) is 17.7. The lowest BCUT2D eigenvalue weighted by Crippen LogP contribution is -2.37. The Bertz CT molecular complexity index is 1000. The van der Waals surface area contributed by atoms with Crippen LogP contribution in [0.15, 0.2) is 36.7 Å². The summed E-state index contributed by atoms with van der Waals surface area (Å²) in [6.07, 6.45) is 6.99. The first-order valence-electron chi connectivity index (χ1n) is 8.63. The van der Waals surface area contributed by atoms with Crippen LogP contribution in [0.1, 0.15) is 19.3 Å². The van der Waals surface area contributed by atoms with Crippen LogP contribution in [0.3, 0.4) is 0 Å². The number of pyridine rings is 1. The Hall–Kier alpha value is -2.44. The van der Waals surface area contributed by atoms with Crippen molar-refractivity contribution in [2.24, 2.45) is 0 Å². The molecule has 7 heteroatoms. The van der Waals surface area contributed by atoms with Crippen molar-refractivity contribution in [3.05, 3.63) is 41.7 Å². The molecule has 2 atom stereocenters. The molecular formula is C19H17ClN4O2. The van der Waals surface area contributed by atoms with Crippen LogP contribution in [0, 0.1) is 0 Å². The number of nitrogens with zero attached hydrogens (tertiary/aromatic N) is 3. The smallest absolute Gasteiger partial charge is 0.158 e. The predicted molar refractivity (Wildman–Crippen MR) is 99.4 cm³/mol. The van der Waals surface area contributed by atoms with Crippen LogP contribution in [0.25, 0.3) is 22.0 Å². The van der Waals surface area contributed by atoms with Gasteiger partial charge in [-0.2, -0.15) is 0 Å². The standard InChI is InChI=1S/C19H17ClN4O2/c20-11-1-2-14(16(25)7-11)17-13-4-6-21-9-15(13)18(24-23-17)22-19-5-3-12(8-19)26-10-19/h1-2,4,6-7,9,12,25H,3,5,8,10H2,(H,22,24). The molecule has 1 aliphatic heterocycles. The summed E-state index contributed by atoms with van der Waals surface area (Å²) in [5.74, 6) is 0.781. The van der Waals surface area contributed by atoms with Crippen molar-refractivity contribution < 1.29 is 9.84 Å². The lowest BCUT2D eigenvalue weighted by molar-refractivity contribution is 0.0745. The van der Waals surface area contributed by atoms with E-state index in [1.807, 2.05) is 6.07 Å². The molecule has 2 N–H and O–H groups in total. The molecule has 0 amide bonds. The molecule has 0 radical (unpaired) electrons. The minimum absolute atomic E-state index is 0.0634. The van der Waals surface area contributed by atoms with Crippen molar-refractivity contribution in [3.63, 3.8) is 0 Å². The van der Waals surface area contributed by atoms with Crippen molar-refractivity contribution in [1.82, 2.24) is 15.2 Å². The number of phenolic OH excluding ortho intramolecular Hbond substituents is 1. The summed E-state index contributed by atoms with van der Waals surface area (Å²) >= 11 is 5.95. The van der Waals surface area contributed by atoms with E-state index in [1.165, 1.54) is 6.07 Å². The molecule has 132 valence electrons. The maximum atomic E-state index is 10.3. The second-order valence-corrected chi connectivity index (χ2v) is 7.50. The molecule has 26 heavy (non-hydrogen) atoms. The minimum Gasteiger partial charge on any atom is -0.507 e. The van der Waals surface area contributed by atoms with Gasteiger partial charge in [0.2, 0.25) is 0 Å². The van der Waals surface area contributed by atoms with Gasteiger partial charge < -0.3 is 15.2 Å². The van der Waals surface area contributed by atoms with E-state index in [1.54, 1.807) is 24.5 Å². The second kappa shape index (κ2) is 5.79. The number of hydrogen-bond acceptors (Lipinski definition) is 6. The van der Waals surface area contributed by atoms with Crippen LogP contribution < -0.4 is 5.32 Å². The Morgan fingerprint density at radius 1 is 1.23 bits per heavy atom. The van der Waals surface area contributed by atoms with Gasteiger partial charge in [-0.3, -0.25) is 4.98 Å². The summed E-state index contributed by atoms with van der Waals surface area (Å²) in [4.78, 5) is 4.26. The summed E-state index contributed by atoms with van der Waals surface area (Å²) in [6.45, 7) is 0.695. The van der Waals surface area contributed by atoms with E-state index >= 15 is 0 Å². The number of benzene rings is 1. The predicted octanol–water partition coefficient (Wildman–Crippen LogP) is 3.78. The van der Waals surface area contributed by atoms with E-state index in [0.29, 0.717) is 34.8 Å². The fourth-order valence-electron chi connectivity index (χ4n) is 4.02. The van der Waals surface area contributed by atoms with Crippen LogP contribution >= 0.6 is 11.6 Å². The van der Waals surface area contributed by atoms with Crippen molar-refractivity contribution in [2.75, 3.05) is 11.9 Å². The zero-order valence-corrected chi connectivity index (χ0v) is 14.7. The maximum Gasteiger partial charge on any atom is 0.158 e. The molecule has 0 spiro atoms. The lowest BCUT2D eigenvalue weighted by atomic mass is 9.99. The first-order valence-corrected chi connectivity index (χ1v) is 9.00. The SMILES string of the molecule is Oc1cc(Cl)ccc1-c1nnc(NC23CCC(C2)OC3)c2cnccc12. The van der Waals surface area contributed by atoms with Gasteiger partial charge in [-0.25, -0.2) is 0 Å². The highest BCUT2D eigenvalue weighted by atomic mass is 35.5. The first kappa shape index (κ1) is 15.8. The zero-order valence-electron chi connectivity index (χ0n) is 13.9. The Balaban J connectivity index is 1.62. The van der Waals surface area contributed by atoms with Crippen LogP contribution in [0.4, 0.5) is 5.82 Å². The summed E-state index contributed by atoms with van der Waals surface area (Å²) in [5, 5.41) is 24.9. The molecule has 2 fully saturated rings. The van der Waals surface area contributed by atoms with Crippen LogP contribution in [-0.2, 0) is 4.74 Å². The summed E-state index contributed by atoms with van der Waals surface area (Å²) in [5.41, 5.74) is 1.13. The molecule has 1 saturated carbocycles. The Morgan fingerprint density at radius 2 is 2.15 bits per heavy atom. The Morgan fingerprint density at radius 3 is 2.88 bits per heavy atom. The Kier molecular flexibility index (Phi) is 3.52. The lowest BCUT2D eigenvalue weighted by Gasteiger charge is -2.28. The van der Waals surface area contributed by atoms with Gasteiger partial charge in [0, 0.05) is 33.8 Å². The number of anilines is 1. The molecule has 1 saturated heterocycles. The second-order valence-electron chi connectivity index (χ2n) is 7.06. The van der Waals surface area contributed by atoms with Gasteiger partial charge >= 0.3 is 0 Å². The van der Waals surface area contributed by atoms with Crippen molar-refractivity contribution in [3.8, 4) is 17.0 Å². The number of rotatable bonds is 3. The molecule has 2 aromatic heterocycles. The van der Waals surface area contributed by atoms with E-state index in [4.69, 9.17) is 16.3 Å². The van der Waals surface area contributed by atoms with E-state index in [2.05, 4.69) is 20.5 Å². The van der Waals surface area contributed by atoms with Gasteiger partial charge in [0.05, 0.1) is 18.2 Å². The molecule has 1 aromatic carbocycles. The van der Waals surface area contributed by atoms with Gasteiger partial charge in [-0.05, 0) is 43.5 Å². The highest BCUT2D eigenvalue weighted by Gasteiger charge is 2.46. The van der Waals surface area contributed by atoms with Gasteiger partial charge in [0.1, 0.15) is 11.4 Å². The molecular weight excluding hydrogens is 352 g/mol. The minimum atomic E-state index is -0.0634. The number of ether oxygens (including phenoxy) is 1. The van der Waals surface area contributed by atoms with Crippen molar-refractivity contribution >= 4 is 28.2 Å². The number of hydrogen-bond donors (Lipinski definition) is 2. The van der Waals surface area contributed by atoms with E-state index in [9.17, 15) is 5.11 Å². The van der Waals surface area contributed by atoms with Gasteiger partial charge in [-0.1, -0.05) is 11.6 Å². The third-order valence-electron chi connectivity index (χ3n) is 5.34. The molecule has 3 aromatic rings. The quantitative estimate of drug-likeness (QED) is 0.732. The fourth-order valence-corrected chi connectivity index (χ4v) is 4.19. The van der Waals surface area contributed by atoms with E-state index < -0.39 is 0 Å². The molecule has 3 heterocycles. The summed E-state index contributed by atoms with van der Waals surface area (Å²) in [6, 6.07) is 6.87. The number of phenols is 1. The normalized spacial score (nSPS) is 24.3. The third kappa shape index (κ3) is 2.48. The highest BCUT2D eigenvalue weighted by molar-refractivity contribution is 6.30.